The van der Waals surface area contributed by atoms with Crippen LogP contribution in [-0.4, -0.2) is 31.1 Å². The maximum Gasteiger partial charge on any atom is 0.407 e. The van der Waals surface area contributed by atoms with Crippen molar-refractivity contribution in [1.82, 2.24) is 5.32 Å². The molecule has 0 atom stereocenters. The summed E-state index contributed by atoms with van der Waals surface area (Å²) >= 11 is 0. The lowest BCUT2D eigenvalue weighted by Gasteiger charge is -2.04. The predicted octanol–water partition coefficient (Wildman–Crippen LogP) is 0.612. The number of ether oxygens (including phenoxy) is 1. The lowest BCUT2D eigenvalue weighted by Crippen LogP contribution is -2.28. The van der Waals surface area contributed by atoms with Gasteiger partial charge in [0.15, 0.2) is 0 Å². The SMILES string of the molecule is O=C(NCCOO)OCC1CC1. The van der Waals surface area contributed by atoms with E-state index in [1.807, 2.05) is 0 Å². The van der Waals surface area contributed by atoms with Gasteiger partial charge in [-0.3, -0.25) is 5.26 Å². The minimum atomic E-state index is -0.445. The molecule has 0 radical (unpaired) electrons. The van der Waals surface area contributed by atoms with Crippen LogP contribution in [0.2, 0.25) is 0 Å². The third-order valence-corrected chi connectivity index (χ3v) is 1.61. The molecule has 1 amide bonds. The van der Waals surface area contributed by atoms with Gasteiger partial charge in [-0.05, 0) is 18.8 Å². The van der Waals surface area contributed by atoms with Crippen LogP contribution < -0.4 is 5.32 Å². The summed E-state index contributed by atoms with van der Waals surface area (Å²) in [7, 11) is 0. The van der Waals surface area contributed by atoms with Gasteiger partial charge < -0.3 is 10.1 Å². The second kappa shape index (κ2) is 4.95. The molecule has 5 heteroatoms. The molecule has 0 heterocycles. The standard InChI is InChI=1S/C7H13NO4/c9-7(8-3-4-12-10)11-5-6-1-2-6/h6,10H,1-5H2,(H,8,9). The van der Waals surface area contributed by atoms with Crippen LogP contribution in [0, 0.1) is 5.92 Å². The van der Waals surface area contributed by atoms with Gasteiger partial charge in [-0.25, -0.2) is 9.68 Å². The molecule has 2 N–H and O–H groups in total. The monoisotopic (exact) mass is 175 g/mol. The highest BCUT2D eigenvalue weighted by molar-refractivity contribution is 5.67. The van der Waals surface area contributed by atoms with E-state index in [0.29, 0.717) is 12.5 Å². The Bertz CT molecular complexity index is 146. The molecule has 0 aromatic rings. The Morgan fingerprint density at radius 2 is 2.33 bits per heavy atom. The van der Waals surface area contributed by atoms with Crippen LogP contribution in [0.15, 0.2) is 0 Å². The van der Waals surface area contributed by atoms with Crippen molar-refractivity contribution in [2.45, 2.75) is 12.8 Å². The topological polar surface area (TPSA) is 67.8 Å². The van der Waals surface area contributed by atoms with Crippen LogP contribution in [-0.2, 0) is 9.62 Å². The fourth-order valence-corrected chi connectivity index (χ4v) is 0.728. The maximum atomic E-state index is 10.8. The smallest absolute Gasteiger partial charge is 0.407 e. The zero-order valence-electron chi connectivity index (χ0n) is 6.78. The first-order chi connectivity index (χ1) is 5.83. The summed E-state index contributed by atoms with van der Waals surface area (Å²) in [5.74, 6) is 0.574. The van der Waals surface area contributed by atoms with Gasteiger partial charge in [0.05, 0.1) is 13.2 Å². The van der Waals surface area contributed by atoms with Gasteiger partial charge in [-0.15, -0.1) is 0 Å². The van der Waals surface area contributed by atoms with Crippen LogP contribution in [0.4, 0.5) is 4.79 Å². The summed E-state index contributed by atoms with van der Waals surface area (Å²) in [6.07, 6.45) is 1.87. The summed E-state index contributed by atoms with van der Waals surface area (Å²) in [5.41, 5.74) is 0. The van der Waals surface area contributed by atoms with Crippen molar-refractivity contribution in [3.05, 3.63) is 0 Å². The number of hydrogen-bond acceptors (Lipinski definition) is 4. The molecule has 0 spiro atoms. The fraction of sp³-hybridized carbons (Fsp3) is 0.857. The molecule has 0 aliphatic heterocycles. The second-order valence-electron chi connectivity index (χ2n) is 2.80. The lowest BCUT2D eigenvalue weighted by molar-refractivity contribution is -0.240. The van der Waals surface area contributed by atoms with Crippen LogP contribution in [0.25, 0.3) is 0 Å². The maximum absolute atomic E-state index is 10.8. The Morgan fingerprint density at radius 1 is 1.58 bits per heavy atom. The summed E-state index contributed by atoms with van der Waals surface area (Å²) < 4.78 is 4.83. The van der Waals surface area contributed by atoms with Crippen molar-refractivity contribution in [2.75, 3.05) is 19.8 Å². The zero-order valence-corrected chi connectivity index (χ0v) is 6.78. The lowest BCUT2D eigenvalue weighted by atomic mass is 10.5. The molecule has 0 unspecified atom stereocenters. The Labute approximate surface area is 70.6 Å². The molecule has 1 saturated carbocycles. The summed E-state index contributed by atoms with van der Waals surface area (Å²) in [5, 5.41) is 10.3. The first-order valence-electron chi connectivity index (χ1n) is 4.00. The van der Waals surface area contributed by atoms with E-state index in [9.17, 15) is 4.79 Å². The Morgan fingerprint density at radius 3 is 2.92 bits per heavy atom. The molecular formula is C7H13NO4. The third-order valence-electron chi connectivity index (χ3n) is 1.61. The van der Waals surface area contributed by atoms with Gasteiger partial charge in [0.1, 0.15) is 0 Å². The number of carbonyl (C=O) groups is 1. The third kappa shape index (κ3) is 4.15. The molecule has 0 saturated heterocycles. The van der Waals surface area contributed by atoms with Crippen molar-refractivity contribution >= 4 is 6.09 Å². The molecule has 1 aliphatic rings. The fourth-order valence-electron chi connectivity index (χ4n) is 0.728. The molecule has 5 nitrogen and oxygen atoms in total. The zero-order chi connectivity index (χ0) is 8.81. The number of amides is 1. The second-order valence-corrected chi connectivity index (χ2v) is 2.80. The molecule has 70 valence electrons. The Balaban J connectivity index is 1.88. The molecule has 1 fully saturated rings. The molecular weight excluding hydrogens is 162 g/mol. The highest BCUT2D eigenvalue weighted by Gasteiger charge is 2.22. The largest absolute Gasteiger partial charge is 0.449 e. The highest BCUT2D eigenvalue weighted by Crippen LogP contribution is 2.28. The summed E-state index contributed by atoms with van der Waals surface area (Å²) in [4.78, 5) is 14.5. The quantitative estimate of drug-likeness (QED) is 0.365. The van der Waals surface area contributed by atoms with Crippen LogP contribution >= 0.6 is 0 Å². The van der Waals surface area contributed by atoms with Gasteiger partial charge >= 0.3 is 6.09 Å². The minimum Gasteiger partial charge on any atom is -0.449 e. The summed E-state index contributed by atoms with van der Waals surface area (Å²) in [6, 6.07) is 0. The molecule has 1 rings (SSSR count). The van der Waals surface area contributed by atoms with Gasteiger partial charge in [-0.2, -0.15) is 0 Å². The minimum absolute atomic E-state index is 0.0819. The molecule has 0 aromatic heterocycles. The molecule has 0 bridgehead atoms. The van der Waals surface area contributed by atoms with Crippen LogP contribution in [0.1, 0.15) is 12.8 Å². The van der Waals surface area contributed by atoms with Crippen molar-refractivity contribution in [3.8, 4) is 0 Å². The van der Waals surface area contributed by atoms with E-state index in [0.717, 1.165) is 12.8 Å². The number of alkyl carbamates (subject to hydrolysis) is 1. The molecule has 12 heavy (non-hydrogen) atoms. The van der Waals surface area contributed by atoms with E-state index in [1.165, 1.54) is 0 Å². The van der Waals surface area contributed by atoms with Crippen molar-refractivity contribution in [2.24, 2.45) is 5.92 Å². The van der Waals surface area contributed by atoms with E-state index >= 15 is 0 Å². The molecule has 1 aliphatic carbocycles. The number of carbonyl (C=O) groups excluding carboxylic acids is 1. The van der Waals surface area contributed by atoms with E-state index in [-0.39, 0.29) is 13.2 Å². The number of hydrogen-bond donors (Lipinski definition) is 2. The predicted molar refractivity (Wildman–Crippen MR) is 40.7 cm³/mol. The Hall–Kier alpha value is -0.810. The van der Waals surface area contributed by atoms with E-state index < -0.39 is 6.09 Å². The Kier molecular flexibility index (Phi) is 3.83. The number of nitrogens with one attached hydrogen (secondary N) is 1. The van der Waals surface area contributed by atoms with Crippen molar-refractivity contribution in [3.63, 3.8) is 0 Å². The van der Waals surface area contributed by atoms with Gasteiger partial charge in [0, 0.05) is 6.54 Å². The average molecular weight is 175 g/mol. The molecule has 0 aromatic carbocycles. The van der Waals surface area contributed by atoms with E-state index in [2.05, 4.69) is 10.2 Å². The van der Waals surface area contributed by atoms with Crippen LogP contribution in [0.5, 0.6) is 0 Å². The van der Waals surface area contributed by atoms with Gasteiger partial charge in [0.2, 0.25) is 0 Å². The summed E-state index contributed by atoms with van der Waals surface area (Å²) in [6.45, 7) is 0.852. The first-order valence-corrected chi connectivity index (χ1v) is 4.00. The highest BCUT2D eigenvalue weighted by atomic mass is 17.1. The van der Waals surface area contributed by atoms with E-state index in [4.69, 9.17) is 9.99 Å². The first kappa shape index (κ1) is 9.28. The van der Waals surface area contributed by atoms with Crippen LogP contribution in [0.3, 0.4) is 0 Å². The van der Waals surface area contributed by atoms with Crippen molar-refractivity contribution < 1.29 is 19.7 Å². The number of rotatable bonds is 5. The van der Waals surface area contributed by atoms with E-state index in [1.54, 1.807) is 0 Å². The normalized spacial score (nSPS) is 15.8. The van der Waals surface area contributed by atoms with Gasteiger partial charge in [0.25, 0.3) is 0 Å². The van der Waals surface area contributed by atoms with Crippen molar-refractivity contribution in [1.29, 1.82) is 0 Å². The van der Waals surface area contributed by atoms with Gasteiger partial charge in [-0.1, -0.05) is 0 Å². The average Bonchev–Trinajstić information content (AvgIpc) is 2.84.